The zero-order chi connectivity index (χ0) is 8.10. The van der Waals surface area contributed by atoms with E-state index < -0.39 is 0 Å². The second kappa shape index (κ2) is 4.35. The van der Waals surface area contributed by atoms with Crippen LogP contribution in [0.1, 0.15) is 12.0 Å². The van der Waals surface area contributed by atoms with Gasteiger partial charge < -0.3 is 0 Å². The Morgan fingerprint density at radius 2 is 2.18 bits per heavy atom. The van der Waals surface area contributed by atoms with Crippen LogP contribution in [0.5, 0.6) is 0 Å². The molecular formula is C9H10ClF. The maximum absolute atomic E-state index is 11.7. The summed E-state index contributed by atoms with van der Waals surface area (Å²) in [6, 6.07) is 7.54. The normalized spacial score (nSPS) is 10.0. The van der Waals surface area contributed by atoms with E-state index in [1.165, 1.54) is 0 Å². The number of benzene rings is 1. The van der Waals surface area contributed by atoms with Gasteiger partial charge in [0.15, 0.2) is 0 Å². The molecule has 0 heterocycles. The SMILES string of the molecule is FCCCc1cccc(Cl)c1. The molecule has 1 aromatic carbocycles. The molecule has 0 bridgehead atoms. The maximum Gasteiger partial charge on any atom is 0.0897 e. The molecule has 0 nitrogen and oxygen atoms in total. The Balaban J connectivity index is 2.56. The lowest BCUT2D eigenvalue weighted by atomic mass is 10.1. The fraction of sp³-hybridized carbons (Fsp3) is 0.333. The molecule has 11 heavy (non-hydrogen) atoms. The van der Waals surface area contributed by atoms with E-state index in [0.717, 1.165) is 17.0 Å². The van der Waals surface area contributed by atoms with Crippen molar-refractivity contribution in [2.24, 2.45) is 0 Å². The molecule has 2 heteroatoms. The molecule has 0 unspecified atom stereocenters. The topological polar surface area (TPSA) is 0 Å². The molecule has 0 aromatic heterocycles. The van der Waals surface area contributed by atoms with Crippen LogP contribution in [0.15, 0.2) is 24.3 Å². The average Bonchev–Trinajstić information content (AvgIpc) is 2.01. The highest BCUT2D eigenvalue weighted by molar-refractivity contribution is 6.30. The summed E-state index contributed by atoms with van der Waals surface area (Å²) in [5.74, 6) is 0. The summed E-state index contributed by atoms with van der Waals surface area (Å²) in [5.41, 5.74) is 1.11. The fourth-order valence-electron chi connectivity index (χ4n) is 0.963. The fourth-order valence-corrected chi connectivity index (χ4v) is 1.18. The van der Waals surface area contributed by atoms with Gasteiger partial charge in [0.1, 0.15) is 0 Å². The van der Waals surface area contributed by atoms with Gasteiger partial charge in [-0.15, -0.1) is 0 Å². The van der Waals surface area contributed by atoms with Gasteiger partial charge in [-0.2, -0.15) is 0 Å². The van der Waals surface area contributed by atoms with E-state index in [0.29, 0.717) is 6.42 Å². The van der Waals surface area contributed by atoms with Crippen LogP contribution in [-0.4, -0.2) is 6.67 Å². The van der Waals surface area contributed by atoms with Crippen LogP contribution in [-0.2, 0) is 6.42 Å². The molecule has 0 atom stereocenters. The van der Waals surface area contributed by atoms with Crippen molar-refractivity contribution in [3.05, 3.63) is 34.9 Å². The number of aryl methyl sites for hydroxylation is 1. The Hall–Kier alpha value is -0.560. The quantitative estimate of drug-likeness (QED) is 0.657. The molecule has 0 saturated heterocycles. The first kappa shape index (κ1) is 8.54. The first-order valence-corrected chi connectivity index (χ1v) is 4.01. The highest BCUT2D eigenvalue weighted by Gasteiger charge is 1.92. The van der Waals surface area contributed by atoms with Crippen molar-refractivity contribution in [3.63, 3.8) is 0 Å². The molecule has 0 aliphatic carbocycles. The van der Waals surface area contributed by atoms with Gasteiger partial charge in [0.05, 0.1) is 6.67 Å². The lowest BCUT2D eigenvalue weighted by molar-refractivity contribution is 0.473. The Labute approximate surface area is 71.0 Å². The van der Waals surface area contributed by atoms with Gasteiger partial charge in [0.25, 0.3) is 0 Å². The third-order valence-electron chi connectivity index (χ3n) is 1.49. The molecule has 1 aromatic rings. The summed E-state index contributed by atoms with van der Waals surface area (Å²) in [6.07, 6.45) is 1.36. The van der Waals surface area contributed by atoms with E-state index in [4.69, 9.17) is 11.6 Å². The predicted octanol–water partition coefficient (Wildman–Crippen LogP) is 3.24. The molecule has 60 valence electrons. The van der Waals surface area contributed by atoms with Crippen molar-refractivity contribution in [2.45, 2.75) is 12.8 Å². The standard InChI is InChI=1S/C9H10ClF/c10-9-5-1-3-8(7-9)4-2-6-11/h1,3,5,7H,2,4,6H2. The smallest absolute Gasteiger partial charge is 0.0897 e. The summed E-state index contributed by atoms with van der Waals surface area (Å²) < 4.78 is 11.7. The summed E-state index contributed by atoms with van der Waals surface area (Å²) in [5, 5.41) is 0.723. The van der Waals surface area contributed by atoms with Gasteiger partial charge >= 0.3 is 0 Å². The molecule has 0 aliphatic heterocycles. The molecule has 0 spiro atoms. The minimum atomic E-state index is -0.257. The van der Waals surface area contributed by atoms with Crippen LogP contribution in [0.25, 0.3) is 0 Å². The number of rotatable bonds is 3. The van der Waals surface area contributed by atoms with E-state index in [9.17, 15) is 4.39 Å². The Kier molecular flexibility index (Phi) is 3.37. The van der Waals surface area contributed by atoms with Gasteiger partial charge in [0.2, 0.25) is 0 Å². The zero-order valence-corrected chi connectivity index (χ0v) is 6.94. The summed E-state index contributed by atoms with van der Waals surface area (Å²) >= 11 is 5.73. The van der Waals surface area contributed by atoms with E-state index in [2.05, 4.69) is 0 Å². The first-order valence-electron chi connectivity index (χ1n) is 3.63. The van der Waals surface area contributed by atoms with Crippen molar-refractivity contribution in [1.82, 2.24) is 0 Å². The zero-order valence-electron chi connectivity index (χ0n) is 6.19. The highest BCUT2D eigenvalue weighted by atomic mass is 35.5. The van der Waals surface area contributed by atoms with Crippen molar-refractivity contribution >= 4 is 11.6 Å². The minimum Gasteiger partial charge on any atom is -0.251 e. The second-order valence-electron chi connectivity index (χ2n) is 2.42. The number of halogens is 2. The van der Waals surface area contributed by atoms with Crippen LogP contribution < -0.4 is 0 Å². The van der Waals surface area contributed by atoms with E-state index in [1.807, 2.05) is 24.3 Å². The lowest BCUT2D eigenvalue weighted by Crippen LogP contribution is -1.85. The van der Waals surface area contributed by atoms with E-state index in [1.54, 1.807) is 0 Å². The van der Waals surface area contributed by atoms with E-state index in [-0.39, 0.29) is 6.67 Å². The van der Waals surface area contributed by atoms with Gasteiger partial charge in [-0.05, 0) is 30.5 Å². The van der Waals surface area contributed by atoms with Crippen LogP contribution in [0.3, 0.4) is 0 Å². The average molecular weight is 173 g/mol. The Bertz CT molecular complexity index is 223. The summed E-state index contributed by atoms with van der Waals surface area (Å²) in [7, 11) is 0. The third-order valence-corrected chi connectivity index (χ3v) is 1.72. The molecule has 0 fully saturated rings. The minimum absolute atomic E-state index is 0.257. The largest absolute Gasteiger partial charge is 0.251 e. The van der Waals surface area contributed by atoms with Crippen molar-refractivity contribution in [1.29, 1.82) is 0 Å². The number of alkyl halides is 1. The van der Waals surface area contributed by atoms with Crippen LogP contribution in [0.4, 0.5) is 4.39 Å². The molecule has 0 amide bonds. The van der Waals surface area contributed by atoms with E-state index >= 15 is 0 Å². The first-order chi connectivity index (χ1) is 5.33. The highest BCUT2D eigenvalue weighted by Crippen LogP contribution is 2.11. The Morgan fingerprint density at radius 1 is 1.36 bits per heavy atom. The summed E-state index contributed by atoms with van der Waals surface area (Å²) in [6.45, 7) is -0.257. The molecular weight excluding hydrogens is 163 g/mol. The number of hydrogen-bond donors (Lipinski definition) is 0. The van der Waals surface area contributed by atoms with Gasteiger partial charge in [-0.3, -0.25) is 4.39 Å². The van der Waals surface area contributed by atoms with Crippen molar-refractivity contribution in [2.75, 3.05) is 6.67 Å². The Morgan fingerprint density at radius 3 is 2.82 bits per heavy atom. The maximum atomic E-state index is 11.7. The molecule has 0 saturated carbocycles. The van der Waals surface area contributed by atoms with Gasteiger partial charge in [-0.25, -0.2) is 0 Å². The van der Waals surface area contributed by atoms with Gasteiger partial charge in [-0.1, -0.05) is 23.7 Å². The predicted molar refractivity (Wildman–Crippen MR) is 45.7 cm³/mol. The van der Waals surface area contributed by atoms with Crippen molar-refractivity contribution in [3.8, 4) is 0 Å². The van der Waals surface area contributed by atoms with Crippen LogP contribution in [0.2, 0.25) is 5.02 Å². The van der Waals surface area contributed by atoms with Crippen molar-refractivity contribution < 1.29 is 4.39 Å². The second-order valence-corrected chi connectivity index (χ2v) is 2.86. The molecule has 1 rings (SSSR count). The third kappa shape index (κ3) is 2.89. The number of hydrogen-bond acceptors (Lipinski definition) is 0. The monoisotopic (exact) mass is 172 g/mol. The van der Waals surface area contributed by atoms with Crippen LogP contribution >= 0.6 is 11.6 Å². The van der Waals surface area contributed by atoms with Crippen LogP contribution in [0, 0.1) is 0 Å². The summed E-state index contributed by atoms with van der Waals surface area (Å²) in [4.78, 5) is 0. The van der Waals surface area contributed by atoms with Gasteiger partial charge in [0, 0.05) is 5.02 Å². The molecule has 0 aliphatic rings. The molecule has 0 N–H and O–H groups in total. The molecule has 0 radical (unpaired) electrons. The lowest BCUT2D eigenvalue weighted by Gasteiger charge is -1.97.